The lowest BCUT2D eigenvalue weighted by atomic mass is 10.0. The molecule has 2 aromatic rings. The van der Waals surface area contributed by atoms with Gasteiger partial charge in [-0.3, -0.25) is 0 Å². The molecule has 0 saturated heterocycles. The van der Waals surface area contributed by atoms with E-state index in [2.05, 4.69) is 37.3 Å². The number of hydrogen-bond acceptors (Lipinski definition) is 0. The Hall–Kier alpha value is -1.44. The molecule has 0 bridgehead atoms. The molecule has 0 heterocycles. The number of aryl methyl sites for hydroxylation is 1. The predicted octanol–water partition coefficient (Wildman–Crippen LogP) is 5.41. The highest BCUT2D eigenvalue weighted by Gasteiger charge is 2.24. The van der Waals surface area contributed by atoms with E-state index in [1.165, 1.54) is 16.3 Å². The van der Waals surface area contributed by atoms with Crippen LogP contribution in [0.1, 0.15) is 31.2 Å². The maximum atomic E-state index is 13.0. The van der Waals surface area contributed by atoms with E-state index in [-0.39, 0.29) is 12.8 Å². The Kier molecular flexibility index (Phi) is 4.52. The summed E-state index contributed by atoms with van der Waals surface area (Å²) in [6.07, 6.45) is 1.86. The summed E-state index contributed by atoms with van der Waals surface area (Å²) >= 11 is 0. The third kappa shape index (κ3) is 4.02. The van der Waals surface area contributed by atoms with Gasteiger partial charge in [-0.2, -0.15) is 0 Å². The number of halogens is 2. The van der Waals surface area contributed by atoms with Crippen molar-refractivity contribution in [1.29, 1.82) is 0 Å². The second-order valence-corrected chi connectivity index (χ2v) is 4.99. The van der Waals surface area contributed by atoms with Gasteiger partial charge in [-0.25, -0.2) is 8.78 Å². The topological polar surface area (TPSA) is 0 Å². The quantitative estimate of drug-likeness (QED) is 0.610. The molecule has 19 heavy (non-hydrogen) atoms. The summed E-state index contributed by atoms with van der Waals surface area (Å²) in [7, 11) is 0. The van der Waals surface area contributed by atoms with Crippen LogP contribution < -0.4 is 0 Å². The summed E-state index contributed by atoms with van der Waals surface area (Å²) in [6.45, 7) is 3.28. The molecule has 0 aliphatic rings. The van der Waals surface area contributed by atoms with Gasteiger partial charge in [-0.05, 0) is 42.5 Å². The number of benzene rings is 2. The van der Waals surface area contributed by atoms with Crippen molar-refractivity contribution in [3.8, 4) is 0 Å². The third-order valence-corrected chi connectivity index (χ3v) is 3.44. The largest absolute Gasteiger partial charge is 0.248 e. The molecule has 2 heteroatoms. The van der Waals surface area contributed by atoms with Crippen LogP contribution in [0.3, 0.4) is 0 Å². The predicted molar refractivity (Wildman–Crippen MR) is 76.4 cm³/mol. The van der Waals surface area contributed by atoms with Crippen LogP contribution in [0.15, 0.2) is 42.5 Å². The van der Waals surface area contributed by atoms with E-state index in [0.29, 0.717) is 6.42 Å². The summed E-state index contributed by atoms with van der Waals surface area (Å²) in [4.78, 5) is 0. The first-order valence-electron chi connectivity index (χ1n) is 6.75. The van der Waals surface area contributed by atoms with Gasteiger partial charge in [0.2, 0.25) is 5.92 Å². The number of alkyl halides is 2. The summed E-state index contributed by atoms with van der Waals surface area (Å²) in [5.74, 6) is -2.59. The first-order valence-corrected chi connectivity index (χ1v) is 6.75. The minimum Gasteiger partial charge on any atom is -0.207 e. The Morgan fingerprint density at radius 1 is 0.947 bits per heavy atom. The third-order valence-electron chi connectivity index (χ3n) is 3.44. The molecule has 0 fully saturated rings. The molecule has 0 aliphatic carbocycles. The van der Waals surface area contributed by atoms with Crippen LogP contribution in [0, 0.1) is 6.92 Å². The highest BCUT2D eigenvalue weighted by molar-refractivity contribution is 5.82. The maximum Gasteiger partial charge on any atom is 0.248 e. The Morgan fingerprint density at radius 2 is 1.68 bits per heavy atom. The highest BCUT2D eigenvalue weighted by atomic mass is 19.3. The summed E-state index contributed by atoms with van der Waals surface area (Å²) < 4.78 is 26.0. The Labute approximate surface area is 113 Å². The van der Waals surface area contributed by atoms with E-state index in [0.717, 1.165) is 12.8 Å². The molecule has 0 saturated carbocycles. The van der Waals surface area contributed by atoms with Gasteiger partial charge < -0.3 is 0 Å². The molecule has 2 rings (SSSR count). The molecular formula is C17H19F2. The van der Waals surface area contributed by atoms with Gasteiger partial charge in [0.25, 0.3) is 0 Å². The number of rotatable bonds is 6. The maximum absolute atomic E-state index is 13.0. The molecule has 0 nitrogen and oxygen atoms in total. The number of fused-ring (bicyclic) bond motifs is 1. The van der Waals surface area contributed by atoms with E-state index in [1.807, 2.05) is 12.1 Å². The molecule has 2 aromatic carbocycles. The van der Waals surface area contributed by atoms with Gasteiger partial charge in [0, 0.05) is 12.8 Å². The highest BCUT2D eigenvalue weighted by Crippen LogP contribution is 2.25. The normalized spacial score (nSPS) is 11.9. The van der Waals surface area contributed by atoms with Crippen LogP contribution in [0.2, 0.25) is 0 Å². The fraction of sp³-hybridized carbons (Fsp3) is 0.353. The van der Waals surface area contributed by atoms with Gasteiger partial charge in [0.1, 0.15) is 0 Å². The van der Waals surface area contributed by atoms with Crippen molar-refractivity contribution in [2.45, 2.75) is 38.0 Å². The molecule has 0 aliphatic heterocycles. The van der Waals surface area contributed by atoms with Crippen molar-refractivity contribution >= 4 is 10.8 Å². The number of unbranched alkanes of at least 4 members (excludes halogenated alkanes) is 1. The van der Waals surface area contributed by atoms with Crippen molar-refractivity contribution in [2.24, 2.45) is 0 Å². The molecule has 0 atom stereocenters. The number of hydrogen-bond donors (Lipinski definition) is 0. The average molecular weight is 261 g/mol. The van der Waals surface area contributed by atoms with Gasteiger partial charge in [-0.1, -0.05) is 42.5 Å². The molecule has 0 unspecified atom stereocenters. The van der Waals surface area contributed by atoms with E-state index < -0.39 is 5.92 Å². The lowest BCUT2D eigenvalue weighted by Crippen LogP contribution is -2.13. The van der Waals surface area contributed by atoms with E-state index in [4.69, 9.17) is 0 Å². The fourth-order valence-corrected chi connectivity index (χ4v) is 2.23. The first kappa shape index (κ1) is 14.0. The average Bonchev–Trinajstić information content (AvgIpc) is 2.43. The molecule has 0 amide bonds. The van der Waals surface area contributed by atoms with Crippen LogP contribution in [0.25, 0.3) is 10.8 Å². The second kappa shape index (κ2) is 6.14. The van der Waals surface area contributed by atoms with Crippen LogP contribution >= 0.6 is 0 Å². The minimum atomic E-state index is -2.59. The van der Waals surface area contributed by atoms with Crippen molar-refractivity contribution in [3.63, 3.8) is 0 Å². The van der Waals surface area contributed by atoms with Crippen LogP contribution in [-0.4, -0.2) is 5.92 Å². The van der Waals surface area contributed by atoms with Gasteiger partial charge in [-0.15, -0.1) is 0 Å². The Morgan fingerprint density at radius 3 is 2.42 bits per heavy atom. The van der Waals surface area contributed by atoms with Crippen LogP contribution in [-0.2, 0) is 6.42 Å². The van der Waals surface area contributed by atoms with E-state index >= 15 is 0 Å². The van der Waals surface area contributed by atoms with Gasteiger partial charge in [0.15, 0.2) is 0 Å². The van der Waals surface area contributed by atoms with Crippen molar-refractivity contribution in [1.82, 2.24) is 0 Å². The Balaban J connectivity index is 1.88. The van der Waals surface area contributed by atoms with Crippen LogP contribution in [0.4, 0.5) is 8.78 Å². The summed E-state index contributed by atoms with van der Waals surface area (Å²) in [5.41, 5.74) is 1.22. The zero-order valence-electron chi connectivity index (χ0n) is 11.0. The summed E-state index contributed by atoms with van der Waals surface area (Å²) in [6, 6.07) is 14.5. The summed E-state index contributed by atoms with van der Waals surface area (Å²) in [5, 5.41) is 2.43. The monoisotopic (exact) mass is 261 g/mol. The molecule has 0 N–H and O–H groups in total. The first-order chi connectivity index (χ1) is 9.11. The molecule has 0 aromatic heterocycles. The zero-order chi connectivity index (χ0) is 13.7. The fourth-order valence-electron chi connectivity index (χ4n) is 2.23. The molecule has 101 valence electrons. The van der Waals surface area contributed by atoms with Crippen LogP contribution in [0.5, 0.6) is 0 Å². The second-order valence-electron chi connectivity index (χ2n) is 4.99. The Bertz CT molecular complexity index is 532. The van der Waals surface area contributed by atoms with Gasteiger partial charge >= 0.3 is 0 Å². The van der Waals surface area contributed by atoms with Crippen molar-refractivity contribution in [3.05, 3.63) is 55.0 Å². The lowest BCUT2D eigenvalue weighted by Gasteiger charge is -2.13. The smallest absolute Gasteiger partial charge is 0.207 e. The lowest BCUT2D eigenvalue weighted by molar-refractivity contribution is -0.00736. The van der Waals surface area contributed by atoms with Crippen molar-refractivity contribution in [2.75, 3.05) is 0 Å². The SMILES string of the molecule is [CH2]CC(F)(F)CCCCc1ccc2ccccc2c1. The minimum absolute atomic E-state index is 0.0515. The zero-order valence-corrected chi connectivity index (χ0v) is 11.0. The van der Waals surface area contributed by atoms with E-state index in [1.54, 1.807) is 0 Å². The van der Waals surface area contributed by atoms with Crippen molar-refractivity contribution < 1.29 is 8.78 Å². The van der Waals surface area contributed by atoms with E-state index in [9.17, 15) is 8.78 Å². The molecular weight excluding hydrogens is 242 g/mol. The standard InChI is InChI=1S/C17H19F2/c1-2-17(18,19)12-6-5-7-14-10-11-15-8-3-4-9-16(15)13-14/h3-4,8-11,13H,1-2,5-7,12H2. The molecule has 1 radical (unpaired) electrons. The molecule has 0 spiro atoms. The van der Waals surface area contributed by atoms with Gasteiger partial charge in [0.05, 0.1) is 0 Å².